The molecule has 2 heterocycles. The first-order valence-corrected chi connectivity index (χ1v) is 7.81. The Kier molecular flexibility index (Phi) is 3.13. The summed E-state index contributed by atoms with van der Waals surface area (Å²) in [7, 11) is 0. The third-order valence-electron chi connectivity index (χ3n) is 4.55. The summed E-state index contributed by atoms with van der Waals surface area (Å²) in [4.78, 5) is 30.6. The summed E-state index contributed by atoms with van der Waals surface area (Å²) in [6, 6.07) is 10.8. The van der Waals surface area contributed by atoms with E-state index >= 15 is 0 Å². The zero-order valence-electron chi connectivity index (χ0n) is 12.3. The third kappa shape index (κ3) is 2.11. The number of halogens is 1. The van der Waals surface area contributed by atoms with E-state index in [4.69, 9.17) is 11.6 Å². The Balaban J connectivity index is 1.66. The molecular weight excluding hydrogens is 314 g/mol. The molecule has 23 heavy (non-hydrogen) atoms. The highest BCUT2D eigenvalue weighted by molar-refractivity contribution is 6.29. The van der Waals surface area contributed by atoms with Crippen LogP contribution >= 0.6 is 11.6 Å². The first-order chi connectivity index (χ1) is 11.1. The summed E-state index contributed by atoms with van der Waals surface area (Å²) < 4.78 is 0. The normalized spacial score (nSPS) is 22.6. The van der Waals surface area contributed by atoms with Crippen molar-refractivity contribution in [2.75, 3.05) is 0 Å². The largest absolute Gasteiger partial charge is 0.325 e. The molecule has 116 valence electrons. The molecule has 1 aromatic carbocycles. The predicted octanol–water partition coefficient (Wildman–Crippen LogP) is 2.63. The highest BCUT2D eigenvalue weighted by Gasteiger charge is 2.55. The topological polar surface area (TPSA) is 62.3 Å². The van der Waals surface area contributed by atoms with Gasteiger partial charge in [0.2, 0.25) is 0 Å². The minimum atomic E-state index is -0.909. The van der Waals surface area contributed by atoms with Gasteiger partial charge in [-0.05, 0) is 35.6 Å². The van der Waals surface area contributed by atoms with Crippen molar-refractivity contribution in [1.29, 1.82) is 0 Å². The van der Waals surface area contributed by atoms with E-state index in [0.717, 1.165) is 23.1 Å². The van der Waals surface area contributed by atoms with Crippen LogP contribution in [0.2, 0.25) is 5.15 Å². The van der Waals surface area contributed by atoms with Crippen LogP contribution in [0.1, 0.15) is 23.1 Å². The molecule has 4 rings (SSSR count). The van der Waals surface area contributed by atoms with Gasteiger partial charge in [-0.2, -0.15) is 0 Å². The number of hydrogen-bond donors (Lipinski definition) is 1. The van der Waals surface area contributed by atoms with Gasteiger partial charge in [-0.15, -0.1) is 0 Å². The highest BCUT2D eigenvalue weighted by atomic mass is 35.5. The van der Waals surface area contributed by atoms with Crippen LogP contribution in [-0.2, 0) is 23.3 Å². The van der Waals surface area contributed by atoms with Crippen LogP contribution in [0.5, 0.6) is 0 Å². The van der Waals surface area contributed by atoms with E-state index in [9.17, 15) is 9.59 Å². The minimum absolute atomic E-state index is 0.192. The molecule has 1 fully saturated rings. The zero-order valence-corrected chi connectivity index (χ0v) is 13.0. The summed E-state index contributed by atoms with van der Waals surface area (Å²) in [5, 5.41) is 3.29. The Hall–Kier alpha value is -2.40. The van der Waals surface area contributed by atoms with Crippen LogP contribution < -0.4 is 5.32 Å². The monoisotopic (exact) mass is 327 g/mol. The lowest BCUT2D eigenvalue weighted by atomic mass is 9.92. The number of imide groups is 1. The zero-order chi connectivity index (χ0) is 16.0. The molecule has 1 aliphatic carbocycles. The molecule has 5 nitrogen and oxygen atoms in total. The molecule has 0 bridgehead atoms. The SMILES string of the molecule is O=C1NC2(CCc3ccccc32)C(=O)N1Cc1ccc(Cl)nc1. The number of urea groups is 1. The summed E-state index contributed by atoms with van der Waals surface area (Å²) >= 11 is 5.77. The highest BCUT2D eigenvalue weighted by Crippen LogP contribution is 2.41. The number of amides is 3. The van der Waals surface area contributed by atoms with Crippen LogP contribution in [0.4, 0.5) is 4.79 Å². The molecule has 1 saturated heterocycles. The van der Waals surface area contributed by atoms with Crippen LogP contribution in [0, 0.1) is 0 Å². The average Bonchev–Trinajstić information content (AvgIpc) is 3.04. The minimum Gasteiger partial charge on any atom is -0.319 e. The van der Waals surface area contributed by atoms with Crippen LogP contribution in [0.15, 0.2) is 42.6 Å². The lowest BCUT2D eigenvalue weighted by molar-refractivity contribution is -0.132. The molecule has 6 heteroatoms. The second-order valence-electron chi connectivity index (χ2n) is 5.87. The van der Waals surface area contributed by atoms with Gasteiger partial charge in [0.1, 0.15) is 10.7 Å². The Morgan fingerprint density at radius 3 is 2.83 bits per heavy atom. The quantitative estimate of drug-likeness (QED) is 0.681. The Bertz CT molecular complexity index is 806. The number of rotatable bonds is 2. The fraction of sp³-hybridized carbons (Fsp3) is 0.235. The number of nitrogens with one attached hydrogen (secondary N) is 1. The van der Waals surface area contributed by atoms with E-state index in [0.29, 0.717) is 11.6 Å². The molecule has 1 unspecified atom stereocenters. The summed E-state index contributed by atoms with van der Waals surface area (Å²) in [5.41, 5.74) is 1.89. The number of nitrogens with zero attached hydrogens (tertiary/aromatic N) is 2. The first kappa shape index (κ1) is 14.2. The molecule has 1 atom stereocenters. The van der Waals surface area contributed by atoms with Gasteiger partial charge in [0.05, 0.1) is 6.54 Å². The average molecular weight is 328 g/mol. The van der Waals surface area contributed by atoms with Gasteiger partial charge in [0, 0.05) is 6.20 Å². The lowest BCUT2D eigenvalue weighted by Crippen LogP contribution is -2.41. The number of carbonyl (C=O) groups is 2. The number of pyridine rings is 1. The molecular formula is C17H14ClN3O2. The molecule has 1 spiro atoms. The molecule has 2 aliphatic rings. The summed E-state index contributed by atoms with van der Waals surface area (Å²) in [6.07, 6.45) is 2.97. The van der Waals surface area contributed by atoms with Crippen LogP contribution in [0.25, 0.3) is 0 Å². The van der Waals surface area contributed by atoms with E-state index < -0.39 is 5.54 Å². The Morgan fingerprint density at radius 1 is 1.22 bits per heavy atom. The predicted molar refractivity (Wildman–Crippen MR) is 84.8 cm³/mol. The number of aryl methyl sites for hydroxylation is 1. The maximum absolute atomic E-state index is 13.0. The number of hydrogen-bond acceptors (Lipinski definition) is 3. The van der Waals surface area contributed by atoms with Crippen molar-refractivity contribution in [1.82, 2.24) is 15.2 Å². The lowest BCUT2D eigenvalue weighted by Gasteiger charge is -2.22. The van der Waals surface area contributed by atoms with Crippen molar-refractivity contribution in [2.45, 2.75) is 24.9 Å². The molecule has 0 radical (unpaired) electrons. The van der Waals surface area contributed by atoms with E-state index in [-0.39, 0.29) is 18.5 Å². The van der Waals surface area contributed by atoms with Gasteiger partial charge in [-0.3, -0.25) is 9.69 Å². The van der Waals surface area contributed by atoms with Crippen molar-refractivity contribution >= 4 is 23.5 Å². The van der Waals surface area contributed by atoms with Crippen molar-refractivity contribution in [3.63, 3.8) is 0 Å². The van der Waals surface area contributed by atoms with Crippen molar-refractivity contribution in [3.05, 3.63) is 64.4 Å². The van der Waals surface area contributed by atoms with Gasteiger partial charge < -0.3 is 5.32 Å². The van der Waals surface area contributed by atoms with Crippen LogP contribution in [0.3, 0.4) is 0 Å². The van der Waals surface area contributed by atoms with Gasteiger partial charge in [0.25, 0.3) is 5.91 Å². The summed E-state index contributed by atoms with van der Waals surface area (Å²) in [6.45, 7) is 0.193. The van der Waals surface area contributed by atoms with Crippen molar-refractivity contribution in [3.8, 4) is 0 Å². The molecule has 2 aromatic rings. The second-order valence-corrected chi connectivity index (χ2v) is 6.26. The number of aromatic nitrogens is 1. The molecule has 0 saturated carbocycles. The van der Waals surface area contributed by atoms with Gasteiger partial charge in [0.15, 0.2) is 0 Å². The second kappa shape index (κ2) is 5.06. The van der Waals surface area contributed by atoms with E-state index in [2.05, 4.69) is 10.3 Å². The first-order valence-electron chi connectivity index (χ1n) is 7.43. The number of benzene rings is 1. The molecule has 1 aromatic heterocycles. The van der Waals surface area contributed by atoms with Gasteiger partial charge in [-0.1, -0.05) is 41.9 Å². The fourth-order valence-corrected chi connectivity index (χ4v) is 3.53. The van der Waals surface area contributed by atoms with E-state index in [1.165, 1.54) is 4.90 Å². The molecule has 1 N–H and O–H groups in total. The fourth-order valence-electron chi connectivity index (χ4n) is 3.42. The van der Waals surface area contributed by atoms with E-state index in [1.807, 2.05) is 24.3 Å². The third-order valence-corrected chi connectivity index (χ3v) is 4.78. The van der Waals surface area contributed by atoms with Crippen molar-refractivity contribution < 1.29 is 9.59 Å². The van der Waals surface area contributed by atoms with Gasteiger partial charge >= 0.3 is 6.03 Å². The Labute approximate surface area is 138 Å². The standard InChI is InChI=1S/C17H14ClN3O2/c18-14-6-5-11(9-19-14)10-21-15(22)17(20-16(21)23)8-7-12-3-1-2-4-13(12)17/h1-6,9H,7-8,10H2,(H,20,23). The smallest absolute Gasteiger partial charge is 0.319 e. The summed E-state index contributed by atoms with van der Waals surface area (Å²) in [5.74, 6) is -0.192. The van der Waals surface area contributed by atoms with Gasteiger partial charge in [-0.25, -0.2) is 9.78 Å². The maximum Gasteiger partial charge on any atom is 0.325 e. The van der Waals surface area contributed by atoms with Crippen LogP contribution in [-0.4, -0.2) is 21.8 Å². The molecule has 1 aliphatic heterocycles. The van der Waals surface area contributed by atoms with E-state index in [1.54, 1.807) is 18.3 Å². The number of carbonyl (C=O) groups excluding carboxylic acids is 2. The maximum atomic E-state index is 13.0. The van der Waals surface area contributed by atoms with Crippen molar-refractivity contribution in [2.24, 2.45) is 0 Å². The number of fused-ring (bicyclic) bond motifs is 2. The Morgan fingerprint density at radius 2 is 2.04 bits per heavy atom. The molecule has 3 amide bonds.